The molecule has 1 fully saturated rings. The van der Waals surface area contributed by atoms with Crippen molar-refractivity contribution in [2.45, 2.75) is 19.5 Å². The molecule has 0 unspecified atom stereocenters. The molecule has 4 heteroatoms. The van der Waals surface area contributed by atoms with Crippen LogP contribution in [0.2, 0.25) is 0 Å². The molecule has 1 aromatic rings. The number of carboxylic acid groups (broad SMARTS) is 1. The number of benzene rings is 1. The number of nitrogens with zero attached hydrogens (tertiary/aromatic N) is 1. The van der Waals surface area contributed by atoms with Crippen molar-refractivity contribution in [3.05, 3.63) is 35.4 Å². The van der Waals surface area contributed by atoms with E-state index in [0.29, 0.717) is 11.6 Å². The first-order valence-electron chi connectivity index (χ1n) is 5.93. The van der Waals surface area contributed by atoms with Gasteiger partial charge in [-0.1, -0.05) is 12.1 Å². The van der Waals surface area contributed by atoms with Crippen LogP contribution >= 0.6 is 0 Å². The van der Waals surface area contributed by atoms with Gasteiger partial charge in [-0.05, 0) is 24.6 Å². The molecule has 2 rings (SSSR count). The molecule has 17 heavy (non-hydrogen) atoms. The van der Waals surface area contributed by atoms with E-state index in [1.54, 1.807) is 12.1 Å². The minimum atomic E-state index is -0.868. The van der Waals surface area contributed by atoms with E-state index in [1.165, 1.54) is 5.56 Å². The average molecular weight is 234 g/mol. The Morgan fingerprint density at radius 1 is 1.47 bits per heavy atom. The van der Waals surface area contributed by atoms with Crippen LogP contribution in [0.3, 0.4) is 0 Å². The van der Waals surface area contributed by atoms with E-state index in [0.717, 1.165) is 26.2 Å². The van der Waals surface area contributed by atoms with Crippen LogP contribution in [0.15, 0.2) is 24.3 Å². The molecule has 0 bridgehead atoms. The van der Waals surface area contributed by atoms with Crippen molar-refractivity contribution in [2.75, 3.05) is 19.6 Å². The fourth-order valence-electron chi connectivity index (χ4n) is 2.17. The molecule has 1 heterocycles. The summed E-state index contributed by atoms with van der Waals surface area (Å²) in [7, 11) is 0. The molecule has 0 aromatic heterocycles. The molecule has 0 radical (unpaired) electrons. The average Bonchev–Trinajstić information content (AvgIpc) is 2.29. The highest BCUT2D eigenvalue weighted by Gasteiger charge is 2.15. The second-order valence-corrected chi connectivity index (χ2v) is 4.59. The summed E-state index contributed by atoms with van der Waals surface area (Å²) in [6.07, 6.45) is 0. The van der Waals surface area contributed by atoms with Gasteiger partial charge in [0.1, 0.15) is 0 Å². The smallest absolute Gasteiger partial charge is 0.335 e. The third-order valence-electron chi connectivity index (χ3n) is 3.06. The van der Waals surface area contributed by atoms with Crippen molar-refractivity contribution in [3.63, 3.8) is 0 Å². The lowest BCUT2D eigenvalue weighted by Gasteiger charge is -2.31. The van der Waals surface area contributed by atoms with Crippen LogP contribution in [0.25, 0.3) is 0 Å². The van der Waals surface area contributed by atoms with Crippen molar-refractivity contribution < 1.29 is 9.90 Å². The second kappa shape index (κ2) is 5.29. The Morgan fingerprint density at radius 3 is 2.76 bits per heavy atom. The maximum Gasteiger partial charge on any atom is 0.335 e. The zero-order chi connectivity index (χ0) is 12.3. The molecular formula is C13H18N2O2. The predicted octanol–water partition coefficient (Wildman–Crippen LogP) is 1.18. The number of rotatable bonds is 3. The Hall–Kier alpha value is -1.39. The number of carbonyl (C=O) groups is 1. The lowest BCUT2D eigenvalue weighted by molar-refractivity contribution is 0.0697. The van der Waals surface area contributed by atoms with Crippen molar-refractivity contribution in [3.8, 4) is 0 Å². The molecule has 2 N–H and O–H groups in total. The molecular weight excluding hydrogens is 216 g/mol. The first kappa shape index (κ1) is 12.1. The highest BCUT2D eigenvalue weighted by molar-refractivity contribution is 5.87. The lowest BCUT2D eigenvalue weighted by Crippen LogP contribution is -2.48. The molecule has 4 nitrogen and oxygen atoms in total. The van der Waals surface area contributed by atoms with E-state index in [2.05, 4.69) is 17.1 Å². The van der Waals surface area contributed by atoms with Gasteiger partial charge in [-0.2, -0.15) is 0 Å². The molecule has 0 aliphatic carbocycles. The van der Waals surface area contributed by atoms with Gasteiger partial charge >= 0.3 is 5.97 Å². The molecule has 1 aliphatic rings. The van der Waals surface area contributed by atoms with Crippen molar-refractivity contribution in [1.82, 2.24) is 10.2 Å². The first-order chi connectivity index (χ1) is 8.15. The van der Waals surface area contributed by atoms with Gasteiger partial charge in [0, 0.05) is 32.2 Å². The quantitative estimate of drug-likeness (QED) is 0.824. The number of aromatic carboxylic acids is 1. The van der Waals surface area contributed by atoms with Crippen LogP contribution in [0.4, 0.5) is 0 Å². The van der Waals surface area contributed by atoms with Crippen LogP contribution in [0.5, 0.6) is 0 Å². The molecule has 0 amide bonds. The lowest BCUT2D eigenvalue weighted by atomic mass is 10.1. The highest BCUT2D eigenvalue weighted by atomic mass is 16.4. The molecule has 0 saturated carbocycles. The summed E-state index contributed by atoms with van der Waals surface area (Å²) < 4.78 is 0. The summed E-state index contributed by atoms with van der Waals surface area (Å²) in [6, 6.07) is 7.67. The summed E-state index contributed by atoms with van der Waals surface area (Å²) >= 11 is 0. The van der Waals surface area contributed by atoms with Crippen LogP contribution in [-0.2, 0) is 6.54 Å². The largest absolute Gasteiger partial charge is 0.478 e. The van der Waals surface area contributed by atoms with E-state index in [-0.39, 0.29) is 0 Å². The van der Waals surface area contributed by atoms with E-state index >= 15 is 0 Å². The van der Waals surface area contributed by atoms with E-state index in [1.807, 2.05) is 12.1 Å². The van der Waals surface area contributed by atoms with Gasteiger partial charge in [-0.3, -0.25) is 4.90 Å². The fourth-order valence-corrected chi connectivity index (χ4v) is 2.17. The zero-order valence-electron chi connectivity index (χ0n) is 10.0. The summed E-state index contributed by atoms with van der Waals surface area (Å²) in [5.41, 5.74) is 1.52. The van der Waals surface area contributed by atoms with Crippen molar-refractivity contribution in [1.29, 1.82) is 0 Å². The molecule has 1 aromatic carbocycles. The van der Waals surface area contributed by atoms with Gasteiger partial charge in [-0.25, -0.2) is 4.79 Å². The van der Waals surface area contributed by atoms with Gasteiger partial charge in [0.25, 0.3) is 0 Å². The SMILES string of the molecule is C[C@@H]1CN(Cc2ccc(C(=O)O)cc2)CCN1. The van der Waals surface area contributed by atoms with Crippen molar-refractivity contribution in [2.24, 2.45) is 0 Å². The second-order valence-electron chi connectivity index (χ2n) is 4.59. The van der Waals surface area contributed by atoms with Gasteiger partial charge in [0.05, 0.1) is 5.56 Å². The van der Waals surface area contributed by atoms with Crippen LogP contribution < -0.4 is 5.32 Å². The molecule has 92 valence electrons. The number of piperazine rings is 1. The monoisotopic (exact) mass is 234 g/mol. The molecule has 1 atom stereocenters. The predicted molar refractivity (Wildman–Crippen MR) is 66.1 cm³/mol. The Morgan fingerprint density at radius 2 is 2.18 bits per heavy atom. The molecule has 0 spiro atoms. The Kier molecular flexibility index (Phi) is 3.76. The molecule has 1 saturated heterocycles. The van der Waals surface area contributed by atoms with Crippen molar-refractivity contribution >= 4 is 5.97 Å². The number of hydrogen-bond acceptors (Lipinski definition) is 3. The minimum Gasteiger partial charge on any atom is -0.478 e. The van der Waals surface area contributed by atoms with E-state index < -0.39 is 5.97 Å². The normalized spacial score (nSPS) is 21.4. The van der Waals surface area contributed by atoms with Gasteiger partial charge in [-0.15, -0.1) is 0 Å². The Bertz CT molecular complexity index is 389. The minimum absolute atomic E-state index is 0.349. The standard InChI is InChI=1S/C13H18N2O2/c1-10-8-15(7-6-14-10)9-11-2-4-12(5-3-11)13(16)17/h2-5,10,14H,6-9H2,1H3,(H,16,17)/t10-/m1/s1. The topological polar surface area (TPSA) is 52.6 Å². The van der Waals surface area contributed by atoms with Gasteiger partial charge < -0.3 is 10.4 Å². The Balaban J connectivity index is 1.96. The maximum atomic E-state index is 10.7. The van der Waals surface area contributed by atoms with Gasteiger partial charge in [0.2, 0.25) is 0 Å². The zero-order valence-corrected chi connectivity index (χ0v) is 10.0. The highest BCUT2D eigenvalue weighted by Crippen LogP contribution is 2.09. The van der Waals surface area contributed by atoms with Crippen LogP contribution in [0, 0.1) is 0 Å². The van der Waals surface area contributed by atoms with Crippen LogP contribution in [0.1, 0.15) is 22.8 Å². The first-order valence-corrected chi connectivity index (χ1v) is 5.93. The van der Waals surface area contributed by atoms with Gasteiger partial charge in [0.15, 0.2) is 0 Å². The summed E-state index contributed by atoms with van der Waals surface area (Å²) in [6.45, 7) is 6.19. The summed E-state index contributed by atoms with van der Waals surface area (Å²) in [4.78, 5) is 13.1. The fraction of sp³-hybridized carbons (Fsp3) is 0.462. The third-order valence-corrected chi connectivity index (χ3v) is 3.06. The summed E-state index contributed by atoms with van der Waals surface area (Å²) in [5, 5.41) is 12.2. The number of hydrogen-bond donors (Lipinski definition) is 2. The van der Waals surface area contributed by atoms with E-state index in [4.69, 9.17) is 5.11 Å². The number of nitrogens with one attached hydrogen (secondary N) is 1. The molecule has 1 aliphatic heterocycles. The maximum absolute atomic E-state index is 10.7. The number of carboxylic acids is 1. The third kappa shape index (κ3) is 3.28. The Labute approximate surface area is 101 Å². The summed E-state index contributed by atoms with van der Waals surface area (Å²) in [5.74, 6) is -0.868. The van der Waals surface area contributed by atoms with E-state index in [9.17, 15) is 4.79 Å². The van der Waals surface area contributed by atoms with Crippen LogP contribution in [-0.4, -0.2) is 41.7 Å².